The topological polar surface area (TPSA) is 53.1 Å². The van der Waals surface area contributed by atoms with Gasteiger partial charge in [0.15, 0.2) is 0 Å². The first kappa shape index (κ1) is 13.1. The molecule has 3 nitrogen and oxygen atoms in total. The summed E-state index contributed by atoms with van der Waals surface area (Å²) in [6.45, 7) is 0.819. The normalized spacial score (nSPS) is 10.3. The van der Waals surface area contributed by atoms with Crippen LogP contribution in [-0.2, 0) is 6.54 Å². The largest absolute Gasteiger partial charge is 0.384 e. The van der Waals surface area contributed by atoms with Crippen molar-refractivity contribution in [2.75, 3.05) is 11.9 Å². The molecule has 0 spiro atoms. The molecule has 0 aliphatic carbocycles. The first-order valence-corrected chi connectivity index (χ1v) is 7.12. The van der Waals surface area contributed by atoms with E-state index in [0.29, 0.717) is 0 Å². The molecule has 1 aromatic heterocycles. The Morgan fingerprint density at radius 3 is 2.83 bits per heavy atom. The molecule has 0 aliphatic rings. The van der Waals surface area contributed by atoms with E-state index in [9.17, 15) is 0 Å². The Kier molecular flexibility index (Phi) is 4.04. The Morgan fingerprint density at radius 1 is 1.44 bits per heavy atom. The summed E-state index contributed by atoms with van der Waals surface area (Å²) >= 11 is 5.13. The molecule has 0 radical (unpaired) electrons. The van der Waals surface area contributed by atoms with Gasteiger partial charge in [0, 0.05) is 27.6 Å². The van der Waals surface area contributed by atoms with Crippen LogP contribution in [0.1, 0.15) is 10.4 Å². The van der Waals surface area contributed by atoms with Crippen LogP contribution in [0.2, 0.25) is 0 Å². The van der Waals surface area contributed by atoms with Crippen LogP contribution in [0.5, 0.6) is 0 Å². The monoisotopic (exact) mass is 323 g/mol. The third kappa shape index (κ3) is 2.91. The molecular weight excluding hydrogens is 310 g/mol. The molecule has 0 amide bonds. The van der Waals surface area contributed by atoms with Gasteiger partial charge in [-0.05, 0) is 29.6 Å². The molecule has 2 aromatic rings. The van der Waals surface area contributed by atoms with E-state index in [2.05, 4.69) is 32.3 Å². The van der Waals surface area contributed by atoms with Crippen LogP contribution < -0.4 is 10.6 Å². The van der Waals surface area contributed by atoms with Crippen molar-refractivity contribution in [1.82, 2.24) is 0 Å². The molecule has 0 saturated heterocycles. The summed E-state index contributed by atoms with van der Waals surface area (Å²) in [4.78, 5) is 3.39. The summed E-state index contributed by atoms with van der Waals surface area (Å²) in [5.41, 5.74) is 7.36. The Balaban J connectivity index is 2.29. The van der Waals surface area contributed by atoms with Gasteiger partial charge in [0.25, 0.3) is 0 Å². The first-order valence-electron chi connectivity index (χ1n) is 5.45. The minimum absolute atomic E-state index is 0.0873. The van der Waals surface area contributed by atoms with Crippen molar-refractivity contribution in [2.45, 2.75) is 6.54 Å². The highest BCUT2D eigenvalue weighted by molar-refractivity contribution is 9.10. The van der Waals surface area contributed by atoms with E-state index in [1.54, 1.807) is 11.3 Å². The van der Waals surface area contributed by atoms with E-state index in [1.807, 2.05) is 31.3 Å². The van der Waals surface area contributed by atoms with Crippen molar-refractivity contribution >= 4 is 38.8 Å². The molecule has 94 valence electrons. The van der Waals surface area contributed by atoms with E-state index in [4.69, 9.17) is 11.1 Å². The minimum Gasteiger partial charge on any atom is -0.384 e. The summed E-state index contributed by atoms with van der Waals surface area (Å²) in [5, 5.41) is 9.71. The van der Waals surface area contributed by atoms with Gasteiger partial charge in [-0.1, -0.05) is 22.0 Å². The zero-order valence-electron chi connectivity index (χ0n) is 9.98. The van der Waals surface area contributed by atoms with E-state index in [0.717, 1.165) is 22.3 Å². The van der Waals surface area contributed by atoms with Crippen molar-refractivity contribution in [2.24, 2.45) is 5.73 Å². The highest BCUT2D eigenvalue weighted by atomic mass is 79.9. The van der Waals surface area contributed by atoms with Crippen LogP contribution in [-0.4, -0.2) is 12.9 Å². The molecule has 0 fully saturated rings. The number of nitrogens with one attached hydrogen (secondary N) is 1. The zero-order valence-corrected chi connectivity index (χ0v) is 12.4. The molecule has 0 bridgehead atoms. The second-order valence-electron chi connectivity index (χ2n) is 4.01. The fraction of sp³-hybridized carbons (Fsp3) is 0.154. The van der Waals surface area contributed by atoms with Crippen LogP contribution in [0.4, 0.5) is 5.69 Å². The van der Waals surface area contributed by atoms with Crippen molar-refractivity contribution < 1.29 is 0 Å². The Bertz CT molecular complexity index is 551. The number of nitrogens with two attached hydrogens (primary N) is 1. The number of amidine groups is 1. The third-order valence-electron chi connectivity index (χ3n) is 2.63. The molecule has 0 atom stereocenters. The first-order chi connectivity index (χ1) is 8.58. The maximum atomic E-state index is 7.65. The van der Waals surface area contributed by atoms with Gasteiger partial charge in [-0.15, -0.1) is 11.3 Å². The lowest BCUT2D eigenvalue weighted by molar-refractivity contribution is 0.938. The van der Waals surface area contributed by atoms with Gasteiger partial charge in [-0.25, -0.2) is 0 Å². The summed E-state index contributed by atoms with van der Waals surface area (Å²) in [6.07, 6.45) is 0. The molecule has 2 rings (SSSR count). The fourth-order valence-corrected chi connectivity index (χ4v) is 2.90. The molecule has 0 unspecified atom stereocenters. The number of benzene rings is 1. The summed E-state index contributed by atoms with van der Waals surface area (Å²) in [5.74, 6) is 0.0873. The SMILES string of the molecule is CN(Cc1cccs1)c1ccc(Br)cc1C(=N)N. The molecule has 5 heteroatoms. The predicted molar refractivity (Wildman–Crippen MR) is 81.6 cm³/mol. The molecule has 1 heterocycles. The van der Waals surface area contributed by atoms with Gasteiger partial charge in [0.05, 0.1) is 6.54 Å². The molecule has 0 saturated carbocycles. The minimum atomic E-state index is 0.0873. The van der Waals surface area contributed by atoms with E-state index >= 15 is 0 Å². The number of nitrogens with zero attached hydrogens (tertiary/aromatic N) is 1. The maximum absolute atomic E-state index is 7.65. The second kappa shape index (κ2) is 5.54. The highest BCUT2D eigenvalue weighted by Gasteiger charge is 2.11. The van der Waals surface area contributed by atoms with Gasteiger partial charge in [-0.2, -0.15) is 0 Å². The standard InChI is InChI=1S/C13H14BrN3S/c1-17(8-10-3-2-6-18-10)12-5-4-9(14)7-11(12)13(15)16/h2-7H,8H2,1H3,(H3,15,16). The van der Waals surface area contributed by atoms with Crippen LogP contribution in [0.15, 0.2) is 40.2 Å². The fourth-order valence-electron chi connectivity index (χ4n) is 1.78. The zero-order chi connectivity index (χ0) is 13.1. The molecule has 0 aliphatic heterocycles. The average Bonchev–Trinajstić information content (AvgIpc) is 2.81. The summed E-state index contributed by atoms with van der Waals surface area (Å²) in [7, 11) is 2.01. The Morgan fingerprint density at radius 2 is 2.22 bits per heavy atom. The summed E-state index contributed by atoms with van der Waals surface area (Å²) in [6, 6.07) is 9.97. The molecule has 18 heavy (non-hydrogen) atoms. The molecular formula is C13H14BrN3S. The van der Waals surface area contributed by atoms with Gasteiger partial charge in [0.2, 0.25) is 0 Å². The lowest BCUT2D eigenvalue weighted by Crippen LogP contribution is -2.21. The maximum Gasteiger partial charge on any atom is 0.124 e. The Labute approximate surface area is 119 Å². The van der Waals surface area contributed by atoms with Gasteiger partial charge >= 0.3 is 0 Å². The van der Waals surface area contributed by atoms with Gasteiger partial charge < -0.3 is 10.6 Å². The average molecular weight is 324 g/mol. The van der Waals surface area contributed by atoms with E-state index < -0.39 is 0 Å². The van der Waals surface area contributed by atoms with Crippen LogP contribution in [0, 0.1) is 5.41 Å². The van der Waals surface area contributed by atoms with Gasteiger partial charge in [0.1, 0.15) is 5.84 Å². The van der Waals surface area contributed by atoms with Crippen LogP contribution in [0.3, 0.4) is 0 Å². The number of nitrogen functional groups attached to an aromatic ring is 1. The van der Waals surface area contributed by atoms with Gasteiger partial charge in [-0.3, -0.25) is 5.41 Å². The number of thiophene rings is 1. The number of halogens is 1. The predicted octanol–water partition coefficient (Wildman–Crippen LogP) is 3.43. The van der Waals surface area contributed by atoms with Crippen molar-refractivity contribution in [3.8, 4) is 0 Å². The van der Waals surface area contributed by atoms with Crippen LogP contribution >= 0.6 is 27.3 Å². The lowest BCUT2D eigenvalue weighted by Gasteiger charge is -2.21. The van der Waals surface area contributed by atoms with Crippen molar-refractivity contribution in [1.29, 1.82) is 5.41 Å². The molecule has 1 aromatic carbocycles. The van der Waals surface area contributed by atoms with E-state index in [1.165, 1.54) is 4.88 Å². The molecule has 3 N–H and O–H groups in total. The Hall–Kier alpha value is -1.33. The number of hydrogen-bond donors (Lipinski definition) is 2. The van der Waals surface area contributed by atoms with Crippen molar-refractivity contribution in [3.63, 3.8) is 0 Å². The van der Waals surface area contributed by atoms with Crippen molar-refractivity contribution in [3.05, 3.63) is 50.6 Å². The highest BCUT2D eigenvalue weighted by Crippen LogP contribution is 2.25. The number of anilines is 1. The number of rotatable bonds is 4. The second-order valence-corrected chi connectivity index (χ2v) is 5.96. The third-order valence-corrected chi connectivity index (χ3v) is 3.99. The summed E-state index contributed by atoms with van der Waals surface area (Å²) < 4.78 is 0.931. The number of hydrogen-bond acceptors (Lipinski definition) is 3. The quantitative estimate of drug-likeness (QED) is 0.669. The van der Waals surface area contributed by atoms with Crippen LogP contribution in [0.25, 0.3) is 0 Å². The lowest BCUT2D eigenvalue weighted by atomic mass is 10.1. The van der Waals surface area contributed by atoms with E-state index in [-0.39, 0.29) is 5.84 Å². The smallest absolute Gasteiger partial charge is 0.124 e.